The van der Waals surface area contributed by atoms with Crippen LogP contribution in [0.1, 0.15) is 65.2 Å². The standard InChI is InChI=1S/C14H26O2/c1-4-7-8-9-12-14(10-5-2,11-6-3)13(15)16/h4H,1,5-12H2,2-3H3,(H,15,16). The first-order valence-corrected chi connectivity index (χ1v) is 6.47. The molecule has 0 unspecified atom stereocenters. The lowest BCUT2D eigenvalue weighted by Gasteiger charge is -2.28. The van der Waals surface area contributed by atoms with E-state index in [1.807, 2.05) is 6.08 Å². The van der Waals surface area contributed by atoms with E-state index in [-0.39, 0.29) is 0 Å². The summed E-state index contributed by atoms with van der Waals surface area (Å²) in [5.41, 5.74) is -0.468. The highest BCUT2D eigenvalue weighted by atomic mass is 16.4. The van der Waals surface area contributed by atoms with Gasteiger partial charge in [0, 0.05) is 0 Å². The van der Waals surface area contributed by atoms with Gasteiger partial charge >= 0.3 is 5.97 Å². The molecule has 0 aliphatic rings. The molecule has 2 heteroatoms. The summed E-state index contributed by atoms with van der Waals surface area (Å²) in [7, 11) is 0. The smallest absolute Gasteiger partial charge is 0.309 e. The molecule has 0 amide bonds. The van der Waals surface area contributed by atoms with E-state index >= 15 is 0 Å². The molecule has 0 aromatic carbocycles. The number of allylic oxidation sites excluding steroid dienone is 1. The van der Waals surface area contributed by atoms with E-state index in [1.165, 1.54) is 0 Å². The summed E-state index contributed by atoms with van der Waals surface area (Å²) >= 11 is 0. The van der Waals surface area contributed by atoms with Crippen molar-refractivity contribution in [3.63, 3.8) is 0 Å². The Morgan fingerprint density at radius 1 is 1.19 bits per heavy atom. The number of carbonyl (C=O) groups is 1. The van der Waals surface area contributed by atoms with Crippen molar-refractivity contribution in [1.82, 2.24) is 0 Å². The number of rotatable bonds is 10. The minimum atomic E-state index is -0.602. The van der Waals surface area contributed by atoms with Crippen LogP contribution in [0.5, 0.6) is 0 Å². The predicted octanol–water partition coefficient (Wildman–Crippen LogP) is 4.40. The molecular weight excluding hydrogens is 200 g/mol. The molecule has 0 radical (unpaired) electrons. The first-order valence-electron chi connectivity index (χ1n) is 6.47. The number of hydrogen-bond acceptors (Lipinski definition) is 1. The molecule has 0 heterocycles. The van der Waals surface area contributed by atoms with E-state index < -0.39 is 11.4 Å². The van der Waals surface area contributed by atoms with Gasteiger partial charge in [-0.2, -0.15) is 0 Å². The minimum absolute atomic E-state index is 0.468. The van der Waals surface area contributed by atoms with Gasteiger partial charge in [0.25, 0.3) is 0 Å². The summed E-state index contributed by atoms with van der Waals surface area (Å²) in [6, 6.07) is 0. The average molecular weight is 226 g/mol. The summed E-state index contributed by atoms with van der Waals surface area (Å²) in [4.78, 5) is 11.4. The monoisotopic (exact) mass is 226 g/mol. The van der Waals surface area contributed by atoms with Crippen LogP contribution in [0, 0.1) is 5.41 Å². The lowest BCUT2D eigenvalue weighted by Crippen LogP contribution is -2.30. The second-order valence-electron chi connectivity index (χ2n) is 4.62. The Morgan fingerprint density at radius 2 is 1.75 bits per heavy atom. The number of aliphatic carboxylic acids is 1. The Kier molecular flexibility index (Phi) is 7.96. The van der Waals surface area contributed by atoms with Crippen LogP contribution in [-0.4, -0.2) is 11.1 Å². The molecule has 16 heavy (non-hydrogen) atoms. The largest absolute Gasteiger partial charge is 0.481 e. The molecule has 1 N–H and O–H groups in total. The fraction of sp³-hybridized carbons (Fsp3) is 0.786. The highest BCUT2D eigenvalue weighted by Crippen LogP contribution is 2.36. The summed E-state index contributed by atoms with van der Waals surface area (Å²) < 4.78 is 0. The molecule has 0 saturated carbocycles. The maximum absolute atomic E-state index is 11.4. The van der Waals surface area contributed by atoms with Gasteiger partial charge in [0.15, 0.2) is 0 Å². The molecule has 0 saturated heterocycles. The molecule has 0 spiro atoms. The third kappa shape index (κ3) is 4.82. The van der Waals surface area contributed by atoms with E-state index in [2.05, 4.69) is 20.4 Å². The third-order valence-corrected chi connectivity index (χ3v) is 3.22. The number of carboxylic acids is 1. The Labute approximate surface area is 99.7 Å². The van der Waals surface area contributed by atoms with Gasteiger partial charge in [-0.05, 0) is 32.1 Å². The SMILES string of the molecule is C=CCCCCC(CCC)(CCC)C(=O)O. The van der Waals surface area contributed by atoms with Crippen LogP contribution in [0.2, 0.25) is 0 Å². The van der Waals surface area contributed by atoms with Crippen molar-refractivity contribution in [2.24, 2.45) is 5.41 Å². The molecule has 0 aromatic heterocycles. The maximum atomic E-state index is 11.4. The van der Waals surface area contributed by atoms with E-state index in [0.29, 0.717) is 0 Å². The zero-order valence-corrected chi connectivity index (χ0v) is 10.8. The van der Waals surface area contributed by atoms with Gasteiger partial charge in [-0.15, -0.1) is 6.58 Å². The van der Waals surface area contributed by atoms with Crippen molar-refractivity contribution in [3.8, 4) is 0 Å². The molecule has 0 aromatic rings. The second kappa shape index (κ2) is 8.37. The summed E-state index contributed by atoms with van der Waals surface area (Å²) in [5.74, 6) is -0.602. The van der Waals surface area contributed by atoms with Crippen LogP contribution in [0.25, 0.3) is 0 Å². The highest BCUT2D eigenvalue weighted by molar-refractivity contribution is 5.74. The lowest BCUT2D eigenvalue weighted by atomic mass is 9.75. The van der Waals surface area contributed by atoms with Crippen molar-refractivity contribution in [2.75, 3.05) is 0 Å². The Morgan fingerprint density at radius 3 is 2.12 bits per heavy atom. The zero-order valence-electron chi connectivity index (χ0n) is 10.8. The van der Waals surface area contributed by atoms with Gasteiger partial charge in [0.05, 0.1) is 5.41 Å². The lowest BCUT2D eigenvalue weighted by molar-refractivity contribution is -0.150. The molecular formula is C14H26O2. The van der Waals surface area contributed by atoms with Crippen molar-refractivity contribution >= 4 is 5.97 Å². The normalized spacial score (nSPS) is 11.4. The van der Waals surface area contributed by atoms with Gasteiger partial charge in [-0.1, -0.05) is 39.2 Å². The van der Waals surface area contributed by atoms with E-state index in [0.717, 1.165) is 51.4 Å². The first kappa shape index (κ1) is 15.2. The van der Waals surface area contributed by atoms with Gasteiger partial charge < -0.3 is 5.11 Å². The van der Waals surface area contributed by atoms with Crippen molar-refractivity contribution in [1.29, 1.82) is 0 Å². The van der Waals surface area contributed by atoms with Crippen molar-refractivity contribution < 1.29 is 9.90 Å². The number of hydrogen-bond donors (Lipinski definition) is 1. The van der Waals surface area contributed by atoms with E-state index in [4.69, 9.17) is 0 Å². The molecule has 2 nitrogen and oxygen atoms in total. The maximum Gasteiger partial charge on any atom is 0.309 e. The van der Waals surface area contributed by atoms with Crippen LogP contribution in [0.4, 0.5) is 0 Å². The number of unbranched alkanes of at least 4 members (excludes halogenated alkanes) is 2. The van der Waals surface area contributed by atoms with Gasteiger partial charge in [0.2, 0.25) is 0 Å². The molecule has 0 bridgehead atoms. The van der Waals surface area contributed by atoms with Crippen molar-refractivity contribution in [3.05, 3.63) is 12.7 Å². The quantitative estimate of drug-likeness (QED) is 0.442. The van der Waals surface area contributed by atoms with Gasteiger partial charge in [0.1, 0.15) is 0 Å². The van der Waals surface area contributed by atoms with Crippen LogP contribution in [0.3, 0.4) is 0 Å². The molecule has 0 aliphatic carbocycles. The molecule has 0 aliphatic heterocycles. The fourth-order valence-corrected chi connectivity index (χ4v) is 2.40. The molecule has 0 rings (SSSR count). The van der Waals surface area contributed by atoms with Crippen LogP contribution in [-0.2, 0) is 4.79 Å². The van der Waals surface area contributed by atoms with Crippen molar-refractivity contribution in [2.45, 2.75) is 65.2 Å². The summed E-state index contributed by atoms with van der Waals surface area (Å²) in [5, 5.41) is 9.42. The molecule has 0 atom stereocenters. The Balaban J connectivity index is 4.36. The number of carboxylic acid groups (broad SMARTS) is 1. The van der Waals surface area contributed by atoms with E-state index in [1.54, 1.807) is 0 Å². The van der Waals surface area contributed by atoms with E-state index in [9.17, 15) is 9.90 Å². The van der Waals surface area contributed by atoms with Crippen LogP contribution < -0.4 is 0 Å². The van der Waals surface area contributed by atoms with Crippen LogP contribution in [0.15, 0.2) is 12.7 Å². The highest BCUT2D eigenvalue weighted by Gasteiger charge is 2.35. The first-order chi connectivity index (χ1) is 7.63. The predicted molar refractivity (Wildman–Crippen MR) is 68.5 cm³/mol. The van der Waals surface area contributed by atoms with Gasteiger partial charge in [-0.3, -0.25) is 4.79 Å². The van der Waals surface area contributed by atoms with Gasteiger partial charge in [-0.25, -0.2) is 0 Å². The topological polar surface area (TPSA) is 37.3 Å². The minimum Gasteiger partial charge on any atom is -0.481 e. The third-order valence-electron chi connectivity index (χ3n) is 3.22. The molecule has 0 fully saturated rings. The summed E-state index contributed by atoms with van der Waals surface area (Å²) in [6.45, 7) is 7.82. The summed E-state index contributed by atoms with van der Waals surface area (Å²) in [6.07, 6.45) is 9.30. The zero-order chi connectivity index (χ0) is 12.4. The Bertz CT molecular complexity index is 203. The fourth-order valence-electron chi connectivity index (χ4n) is 2.40. The Hall–Kier alpha value is -0.790. The second-order valence-corrected chi connectivity index (χ2v) is 4.62. The van der Waals surface area contributed by atoms with Crippen LogP contribution >= 0.6 is 0 Å². The average Bonchev–Trinajstić information content (AvgIpc) is 2.24. The molecule has 94 valence electrons.